The first kappa shape index (κ1) is 12.4. The SMILES string of the molecule is Nc1ncc(P)nc1NNC(=O)C(F)(F)F. The zero-order chi connectivity index (χ0) is 12.3. The van der Waals surface area contributed by atoms with Gasteiger partial charge < -0.3 is 5.73 Å². The van der Waals surface area contributed by atoms with Gasteiger partial charge in [0, 0.05) is 0 Å². The summed E-state index contributed by atoms with van der Waals surface area (Å²) in [6.07, 6.45) is -3.68. The number of aromatic nitrogens is 2. The average molecular weight is 253 g/mol. The van der Waals surface area contributed by atoms with Crippen LogP contribution in [0.25, 0.3) is 0 Å². The lowest BCUT2D eigenvalue weighted by molar-refractivity contribution is -0.173. The fraction of sp³-hybridized carbons (Fsp3) is 0.167. The zero-order valence-electron chi connectivity index (χ0n) is 7.67. The van der Waals surface area contributed by atoms with Crippen molar-refractivity contribution in [2.24, 2.45) is 0 Å². The Hall–Kier alpha value is -1.63. The minimum Gasteiger partial charge on any atom is -0.381 e. The number of nitrogens with two attached hydrogens (primary N) is 1. The van der Waals surface area contributed by atoms with E-state index in [-0.39, 0.29) is 11.6 Å². The fourth-order valence-corrected chi connectivity index (χ4v) is 0.895. The summed E-state index contributed by atoms with van der Waals surface area (Å²) in [7, 11) is 2.18. The third-order valence-electron chi connectivity index (χ3n) is 1.37. The lowest BCUT2D eigenvalue weighted by Gasteiger charge is -2.10. The van der Waals surface area contributed by atoms with Gasteiger partial charge in [0.2, 0.25) is 0 Å². The second-order valence-electron chi connectivity index (χ2n) is 2.61. The number of alkyl halides is 3. The van der Waals surface area contributed by atoms with Gasteiger partial charge in [-0.25, -0.2) is 9.97 Å². The van der Waals surface area contributed by atoms with Gasteiger partial charge >= 0.3 is 12.1 Å². The number of hydrogen-bond donors (Lipinski definition) is 3. The number of nitrogens with one attached hydrogen (secondary N) is 2. The van der Waals surface area contributed by atoms with E-state index in [1.807, 2.05) is 5.43 Å². The van der Waals surface area contributed by atoms with Gasteiger partial charge in [0.1, 0.15) is 0 Å². The van der Waals surface area contributed by atoms with E-state index in [4.69, 9.17) is 5.73 Å². The molecule has 6 nitrogen and oxygen atoms in total. The second-order valence-corrected chi connectivity index (χ2v) is 3.20. The lowest BCUT2D eigenvalue weighted by atomic mass is 10.6. The highest BCUT2D eigenvalue weighted by atomic mass is 31.0. The summed E-state index contributed by atoms with van der Waals surface area (Å²) in [6.45, 7) is 0. The first-order valence-electron chi connectivity index (χ1n) is 3.82. The topological polar surface area (TPSA) is 92.9 Å². The van der Waals surface area contributed by atoms with Crippen molar-refractivity contribution in [2.75, 3.05) is 11.2 Å². The van der Waals surface area contributed by atoms with Crippen LogP contribution >= 0.6 is 9.24 Å². The van der Waals surface area contributed by atoms with Crippen LogP contribution in [0.5, 0.6) is 0 Å². The van der Waals surface area contributed by atoms with Crippen molar-refractivity contribution < 1.29 is 18.0 Å². The Bertz CT molecular complexity index is 410. The van der Waals surface area contributed by atoms with Crippen LogP contribution in [0.4, 0.5) is 24.8 Å². The summed E-state index contributed by atoms with van der Waals surface area (Å²) < 4.78 is 35.4. The highest BCUT2D eigenvalue weighted by molar-refractivity contribution is 7.26. The number of hydrogen-bond acceptors (Lipinski definition) is 5. The van der Waals surface area contributed by atoms with Crippen LogP contribution in [-0.2, 0) is 4.79 Å². The van der Waals surface area contributed by atoms with Gasteiger partial charge in [0.25, 0.3) is 0 Å². The third-order valence-corrected chi connectivity index (χ3v) is 1.65. The summed E-state index contributed by atoms with van der Waals surface area (Å²) >= 11 is 0. The quantitative estimate of drug-likeness (QED) is 0.491. The van der Waals surface area contributed by atoms with Crippen LogP contribution < -0.4 is 22.0 Å². The number of nitrogen functional groups attached to an aromatic ring is 1. The number of carbonyl (C=O) groups is 1. The van der Waals surface area contributed by atoms with E-state index in [9.17, 15) is 18.0 Å². The molecule has 10 heteroatoms. The Kier molecular flexibility index (Phi) is 3.48. The average Bonchev–Trinajstić information content (AvgIpc) is 2.17. The Morgan fingerprint density at radius 1 is 1.50 bits per heavy atom. The molecule has 0 saturated carbocycles. The highest BCUT2D eigenvalue weighted by Crippen LogP contribution is 2.14. The molecule has 16 heavy (non-hydrogen) atoms. The lowest BCUT2D eigenvalue weighted by Crippen LogP contribution is -2.40. The summed E-state index contributed by atoms with van der Waals surface area (Å²) in [4.78, 5) is 17.8. The predicted molar refractivity (Wildman–Crippen MR) is 53.6 cm³/mol. The molecule has 1 aromatic rings. The third kappa shape index (κ3) is 3.20. The first-order chi connectivity index (χ1) is 7.30. The molecule has 4 N–H and O–H groups in total. The van der Waals surface area contributed by atoms with E-state index >= 15 is 0 Å². The van der Waals surface area contributed by atoms with E-state index < -0.39 is 12.1 Å². The molecule has 0 bridgehead atoms. The van der Waals surface area contributed by atoms with Gasteiger partial charge in [-0.15, -0.1) is 0 Å². The number of halogens is 3. The van der Waals surface area contributed by atoms with E-state index in [0.717, 1.165) is 0 Å². The number of hydrazine groups is 1. The summed E-state index contributed by atoms with van der Waals surface area (Å²) in [5.74, 6) is -2.44. The zero-order valence-corrected chi connectivity index (χ0v) is 8.82. The summed E-state index contributed by atoms with van der Waals surface area (Å²) in [5.41, 5.74) is 9.00. The van der Waals surface area contributed by atoms with Crippen molar-refractivity contribution in [2.45, 2.75) is 6.18 Å². The predicted octanol–water partition coefficient (Wildman–Crippen LogP) is -0.435. The van der Waals surface area contributed by atoms with E-state index in [1.54, 1.807) is 0 Å². The van der Waals surface area contributed by atoms with Crippen molar-refractivity contribution in [3.05, 3.63) is 6.20 Å². The van der Waals surface area contributed by atoms with Gasteiger partial charge in [-0.05, 0) is 0 Å². The van der Waals surface area contributed by atoms with E-state index in [1.165, 1.54) is 11.6 Å². The molecule has 1 atom stereocenters. The molecule has 0 aromatic carbocycles. The van der Waals surface area contributed by atoms with Crippen molar-refractivity contribution in [1.82, 2.24) is 15.4 Å². The van der Waals surface area contributed by atoms with Crippen molar-refractivity contribution in [3.63, 3.8) is 0 Å². The molecular formula is C6H7F3N5OP. The maximum absolute atomic E-state index is 11.8. The normalized spacial score (nSPS) is 11.0. The van der Waals surface area contributed by atoms with Crippen molar-refractivity contribution in [3.8, 4) is 0 Å². The van der Waals surface area contributed by atoms with Crippen LogP contribution in [0.1, 0.15) is 0 Å². The van der Waals surface area contributed by atoms with Crippen molar-refractivity contribution in [1.29, 1.82) is 0 Å². The fourth-order valence-electron chi connectivity index (χ4n) is 0.691. The minimum atomic E-state index is -4.98. The molecule has 0 fully saturated rings. The van der Waals surface area contributed by atoms with Crippen LogP contribution in [0.3, 0.4) is 0 Å². The molecule has 1 aromatic heterocycles. The van der Waals surface area contributed by atoms with Crippen LogP contribution in [0, 0.1) is 0 Å². The second kappa shape index (κ2) is 4.48. The molecule has 1 heterocycles. The largest absolute Gasteiger partial charge is 0.472 e. The Labute approximate surface area is 90.0 Å². The van der Waals surface area contributed by atoms with Crippen LogP contribution in [0.2, 0.25) is 0 Å². The molecule has 0 spiro atoms. The molecule has 0 aliphatic heterocycles. The van der Waals surface area contributed by atoms with Gasteiger partial charge in [0.15, 0.2) is 11.6 Å². The highest BCUT2D eigenvalue weighted by Gasteiger charge is 2.38. The minimum absolute atomic E-state index is 0.131. The van der Waals surface area contributed by atoms with Crippen LogP contribution in [-0.4, -0.2) is 22.1 Å². The smallest absolute Gasteiger partial charge is 0.381 e. The number of carbonyl (C=O) groups excluding carboxylic acids is 1. The standard InChI is InChI=1S/C6H7F3N5OP/c7-6(8,9)5(15)14-13-4-3(10)11-1-2(16)12-4/h1H,16H2,(H2,10,11)(H,12,13)(H,14,15). The molecular weight excluding hydrogens is 246 g/mol. The van der Waals surface area contributed by atoms with Crippen molar-refractivity contribution >= 4 is 32.2 Å². The maximum atomic E-state index is 11.8. The molecule has 1 unspecified atom stereocenters. The Balaban J connectivity index is 2.68. The molecule has 0 radical (unpaired) electrons. The van der Waals surface area contributed by atoms with E-state index in [2.05, 4.69) is 19.2 Å². The van der Waals surface area contributed by atoms with Gasteiger partial charge in [0.05, 0.1) is 11.6 Å². The van der Waals surface area contributed by atoms with Gasteiger partial charge in [-0.1, -0.05) is 9.24 Å². The van der Waals surface area contributed by atoms with Crippen LogP contribution in [0.15, 0.2) is 6.20 Å². The molecule has 0 aliphatic rings. The number of anilines is 2. The Morgan fingerprint density at radius 2 is 2.12 bits per heavy atom. The van der Waals surface area contributed by atoms with Gasteiger partial charge in [-0.2, -0.15) is 13.2 Å². The van der Waals surface area contributed by atoms with E-state index in [0.29, 0.717) is 5.44 Å². The molecule has 0 aliphatic carbocycles. The first-order valence-corrected chi connectivity index (χ1v) is 4.39. The maximum Gasteiger partial charge on any atom is 0.472 e. The Morgan fingerprint density at radius 3 is 2.69 bits per heavy atom. The molecule has 0 saturated heterocycles. The number of rotatable bonds is 2. The number of nitrogens with zero attached hydrogens (tertiary/aromatic N) is 2. The molecule has 88 valence electrons. The van der Waals surface area contributed by atoms with Gasteiger partial charge in [-0.3, -0.25) is 15.6 Å². The molecule has 1 amide bonds. The summed E-state index contributed by atoms with van der Waals surface area (Å²) in [6, 6.07) is 0. The number of amides is 1. The molecule has 1 rings (SSSR count). The summed E-state index contributed by atoms with van der Waals surface area (Å²) in [5, 5.41) is 0. The monoisotopic (exact) mass is 253 g/mol.